The summed E-state index contributed by atoms with van der Waals surface area (Å²) in [5.41, 5.74) is 9.07. The van der Waals surface area contributed by atoms with E-state index in [0.29, 0.717) is 0 Å². The third-order valence-corrected chi connectivity index (χ3v) is 4.09. The minimum atomic E-state index is 0.0711. The summed E-state index contributed by atoms with van der Waals surface area (Å²) < 4.78 is 2.38. The molecule has 0 saturated carbocycles. The number of nitrogens with zero attached hydrogens (tertiary/aromatic N) is 2. The Hall–Kier alpha value is -1.31. The molecule has 2 nitrogen and oxygen atoms in total. The summed E-state index contributed by atoms with van der Waals surface area (Å²) in [7, 11) is 0. The maximum Gasteiger partial charge on any atom is 0.0709 e. The molecule has 0 aliphatic rings. The largest absolute Gasteiger partial charge is 0.314 e. The van der Waals surface area contributed by atoms with E-state index < -0.39 is 0 Å². The van der Waals surface area contributed by atoms with Crippen LogP contribution in [0.5, 0.6) is 0 Å². The van der Waals surface area contributed by atoms with Crippen LogP contribution in [-0.4, -0.2) is 9.38 Å². The van der Waals surface area contributed by atoms with Crippen LogP contribution in [0.2, 0.25) is 0 Å². The van der Waals surface area contributed by atoms with Gasteiger partial charge < -0.3 is 4.40 Å². The van der Waals surface area contributed by atoms with Gasteiger partial charge in [-0.2, -0.15) is 0 Å². The second-order valence-corrected chi connectivity index (χ2v) is 6.40. The molecule has 98 valence electrons. The van der Waals surface area contributed by atoms with E-state index in [4.69, 9.17) is 4.98 Å². The van der Waals surface area contributed by atoms with Gasteiger partial charge in [-0.3, -0.25) is 4.98 Å². The van der Waals surface area contributed by atoms with Gasteiger partial charge in [-0.05, 0) is 45.7 Å². The van der Waals surface area contributed by atoms with Gasteiger partial charge in [0.25, 0.3) is 0 Å². The third-order valence-electron chi connectivity index (χ3n) is 4.09. The van der Waals surface area contributed by atoms with Crippen molar-refractivity contribution in [3.63, 3.8) is 0 Å². The molecule has 2 heterocycles. The lowest BCUT2D eigenvalue weighted by atomic mass is 9.90. The number of aryl methyl sites for hydroxylation is 4. The average molecular weight is 244 g/mol. The van der Waals surface area contributed by atoms with Crippen LogP contribution in [0.4, 0.5) is 0 Å². The molecule has 0 atom stereocenters. The van der Waals surface area contributed by atoms with Crippen molar-refractivity contribution in [3.8, 4) is 0 Å². The summed E-state index contributed by atoms with van der Waals surface area (Å²) in [5, 5.41) is 0. The molecule has 0 fully saturated rings. The molecule has 2 aromatic heterocycles. The number of hydrogen-bond acceptors (Lipinski definition) is 1. The monoisotopic (exact) mass is 244 g/mol. The highest BCUT2D eigenvalue weighted by Gasteiger charge is 2.24. The molecule has 0 N–H and O–H groups in total. The van der Waals surface area contributed by atoms with Crippen molar-refractivity contribution in [1.82, 2.24) is 9.38 Å². The fourth-order valence-corrected chi connectivity index (χ4v) is 2.64. The van der Waals surface area contributed by atoms with E-state index in [1.54, 1.807) is 0 Å². The molecular formula is C16H24N2. The Morgan fingerprint density at radius 1 is 0.833 bits per heavy atom. The first-order valence-corrected chi connectivity index (χ1v) is 6.62. The quantitative estimate of drug-likeness (QED) is 0.679. The highest BCUT2D eigenvalue weighted by molar-refractivity contribution is 5.67. The van der Waals surface area contributed by atoms with E-state index in [-0.39, 0.29) is 5.41 Å². The smallest absolute Gasteiger partial charge is 0.0709 e. The maximum atomic E-state index is 4.87. The maximum absolute atomic E-state index is 4.87. The zero-order valence-corrected chi connectivity index (χ0v) is 12.9. The van der Waals surface area contributed by atoms with Crippen molar-refractivity contribution in [2.24, 2.45) is 0 Å². The summed E-state index contributed by atoms with van der Waals surface area (Å²) in [6.07, 6.45) is 0. The molecule has 2 heteroatoms. The number of rotatable bonds is 0. The third kappa shape index (κ3) is 1.66. The van der Waals surface area contributed by atoms with Gasteiger partial charge in [0.15, 0.2) is 0 Å². The first-order valence-electron chi connectivity index (χ1n) is 6.62. The molecule has 2 aromatic rings. The Balaban J connectivity index is 3.07. The van der Waals surface area contributed by atoms with Crippen molar-refractivity contribution in [2.75, 3.05) is 0 Å². The van der Waals surface area contributed by atoms with Gasteiger partial charge in [0.2, 0.25) is 0 Å². The van der Waals surface area contributed by atoms with Crippen LogP contribution >= 0.6 is 0 Å². The van der Waals surface area contributed by atoms with Crippen LogP contribution in [0, 0.1) is 34.6 Å². The normalized spacial score (nSPS) is 12.4. The van der Waals surface area contributed by atoms with Gasteiger partial charge in [0.1, 0.15) is 0 Å². The second-order valence-electron chi connectivity index (χ2n) is 6.40. The SMILES string of the molecule is Cc1nc(C(C)(C)C)c2c(C)c(C)c(C)n2c1C. The minimum absolute atomic E-state index is 0.0711. The highest BCUT2D eigenvalue weighted by Crippen LogP contribution is 2.32. The van der Waals surface area contributed by atoms with Crippen LogP contribution in [0.3, 0.4) is 0 Å². The van der Waals surface area contributed by atoms with E-state index in [1.807, 2.05) is 0 Å². The summed E-state index contributed by atoms with van der Waals surface area (Å²) in [5.74, 6) is 0. The van der Waals surface area contributed by atoms with Crippen LogP contribution < -0.4 is 0 Å². The summed E-state index contributed by atoms with van der Waals surface area (Å²) in [6, 6.07) is 0. The standard InChI is InChI=1S/C16H24N2/c1-9-10(2)14-15(16(6,7)8)17-11(3)13(5)18(14)12(9)4/h1-8H3. The van der Waals surface area contributed by atoms with E-state index >= 15 is 0 Å². The van der Waals surface area contributed by atoms with E-state index in [2.05, 4.69) is 59.8 Å². The van der Waals surface area contributed by atoms with Crippen molar-refractivity contribution >= 4 is 5.52 Å². The molecule has 0 aliphatic carbocycles. The molecule has 0 radical (unpaired) electrons. The van der Waals surface area contributed by atoms with Gasteiger partial charge in [-0.15, -0.1) is 0 Å². The Kier molecular flexibility index (Phi) is 2.80. The van der Waals surface area contributed by atoms with E-state index in [0.717, 1.165) is 5.69 Å². The Morgan fingerprint density at radius 2 is 1.39 bits per heavy atom. The van der Waals surface area contributed by atoms with Gasteiger partial charge in [0, 0.05) is 16.8 Å². The van der Waals surface area contributed by atoms with Crippen LogP contribution in [0.15, 0.2) is 0 Å². The van der Waals surface area contributed by atoms with Gasteiger partial charge in [-0.1, -0.05) is 20.8 Å². The Labute approximate surface area is 110 Å². The second kappa shape index (κ2) is 3.84. The van der Waals surface area contributed by atoms with Crippen molar-refractivity contribution in [2.45, 2.75) is 60.8 Å². The average Bonchev–Trinajstić information content (AvgIpc) is 2.47. The van der Waals surface area contributed by atoms with E-state index in [9.17, 15) is 0 Å². The summed E-state index contributed by atoms with van der Waals surface area (Å²) in [6.45, 7) is 17.6. The summed E-state index contributed by atoms with van der Waals surface area (Å²) >= 11 is 0. The molecule has 0 unspecified atom stereocenters. The lowest BCUT2D eigenvalue weighted by molar-refractivity contribution is 0.568. The number of hydrogen-bond donors (Lipinski definition) is 0. The van der Waals surface area contributed by atoms with Crippen LogP contribution in [0.25, 0.3) is 5.52 Å². The fourth-order valence-electron chi connectivity index (χ4n) is 2.64. The molecular weight excluding hydrogens is 220 g/mol. The Bertz CT molecular complexity index is 625. The van der Waals surface area contributed by atoms with Crippen molar-refractivity contribution in [3.05, 3.63) is 33.9 Å². The first kappa shape index (κ1) is 13.1. The molecule has 18 heavy (non-hydrogen) atoms. The minimum Gasteiger partial charge on any atom is -0.314 e. The van der Waals surface area contributed by atoms with E-state index in [1.165, 1.54) is 33.7 Å². The van der Waals surface area contributed by atoms with Gasteiger partial charge >= 0.3 is 0 Å². The van der Waals surface area contributed by atoms with Gasteiger partial charge in [0.05, 0.1) is 16.9 Å². The fraction of sp³-hybridized carbons (Fsp3) is 0.562. The molecule has 0 aliphatic heterocycles. The Morgan fingerprint density at radius 3 is 1.89 bits per heavy atom. The van der Waals surface area contributed by atoms with Crippen molar-refractivity contribution < 1.29 is 0 Å². The topological polar surface area (TPSA) is 17.3 Å². The number of fused-ring (bicyclic) bond motifs is 1. The molecule has 0 bridgehead atoms. The molecule has 0 amide bonds. The van der Waals surface area contributed by atoms with Crippen LogP contribution in [-0.2, 0) is 5.41 Å². The lowest BCUT2D eigenvalue weighted by Gasteiger charge is -2.22. The molecule has 0 spiro atoms. The van der Waals surface area contributed by atoms with Crippen molar-refractivity contribution in [1.29, 1.82) is 0 Å². The van der Waals surface area contributed by atoms with Gasteiger partial charge in [-0.25, -0.2) is 0 Å². The van der Waals surface area contributed by atoms with Crippen LogP contribution in [0.1, 0.15) is 54.7 Å². The molecule has 0 saturated heterocycles. The number of aromatic nitrogens is 2. The first-order chi connectivity index (χ1) is 8.16. The zero-order valence-electron chi connectivity index (χ0n) is 12.9. The molecule has 2 rings (SSSR count). The lowest BCUT2D eigenvalue weighted by Crippen LogP contribution is -2.17. The molecule has 0 aromatic carbocycles. The predicted octanol–water partition coefficient (Wildman–Crippen LogP) is 4.17. The highest BCUT2D eigenvalue weighted by atomic mass is 15.0. The zero-order chi connectivity index (χ0) is 13.8. The summed E-state index contributed by atoms with van der Waals surface area (Å²) in [4.78, 5) is 4.87. The predicted molar refractivity (Wildman–Crippen MR) is 77.6 cm³/mol.